The van der Waals surface area contributed by atoms with Crippen LogP contribution in [0, 0.1) is 10.8 Å². The summed E-state index contributed by atoms with van der Waals surface area (Å²) in [5, 5.41) is 7.37. The van der Waals surface area contributed by atoms with Crippen LogP contribution in [0.2, 0.25) is 0 Å². The van der Waals surface area contributed by atoms with Crippen LogP contribution in [-0.2, 0) is 0 Å². The van der Waals surface area contributed by atoms with Gasteiger partial charge in [0.2, 0.25) is 0 Å². The first-order valence-corrected chi connectivity index (χ1v) is 5.12. The number of rotatable bonds is 3. The van der Waals surface area contributed by atoms with E-state index < -0.39 is 0 Å². The fraction of sp³-hybridized carbons (Fsp3) is 0.357. The third kappa shape index (κ3) is 3.59. The van der Waals surface area contributed by atoms with Crippen LogP contribution in [0.1, 0.15) is 27.2 Å². The van der Waals surface area contributed by atoms with Crippen LogP contribution in [0.5, 0.6) is 0 Å². The summed E-state index contributed by atoms with van der Waals surface area (Å²) in [5.74, 6) is 0. The molecule has 0 atom stereocenters. The number of hydrogen-bond acceptors (Lipinski definition) is 1. The van der Waals surface area contributed by atoms with Crippen molar-refractivity contribution >= 4 is 6.21 Å². The molecule has 0 spiro atoms. The van der Waals surface area contributed by atoms with Crippen molar-refractivity contribution in [3.63, 3.8) is 0 Å². The SMILES string of the molecule is CC(C)(C)/C(C=N)=C/CC1=C=C=CC=C1. The molecule has 1 rings (SSSR count). The first-order chi connectivity index (χ1) is 7.04. The molecule has 0 aromatic heterocycles. The molecule has 0 bridgehead atoms. The second-order valence-corrected chi connectivity index (χ2v) is 4.58. The second-order valence-electron chi connectivity index (χ2n) is 4.58. The molecule has 1 aliphatic carbocycles. The minimum atomic E-state index is 0.0419. The average molecular weight is 199 g/mol. The number of hydrogen-bond donors (Lipinski definition) is 1. The summed E-state index contributed by atoms with van der Waals surface area (Å²) in [5.41, 5.74) is 8.19. The van der Waals surface area contributed by atoms with Crippen LogP contribution in [0.3, 0.4) is 0 Å². The fourth-order valence-electron chi connectivity index (χ4n) is 1.31. The lowest BCUT2D eigenvalue weighted by Crippen LogP contribution is -2.10. The molecule has 0 radical (unpaired) electrons. The Labute approximate surface area is 91.7 Å². The number of allylic oxidation sites excluding steroid dienone is 6. The van der Waals surface area contributed by atoms with Crippen molar-refractivity contribution in [2.24, 2.45) is 5.41 Å². The summed E-state index contributed by atoms with van der Waals surface area (Å²) in [6.07, 6.45) is 10.2. The molecule has 0 amide bonds. The highest BCUT2D eigenvalue weighted by atomic mass is 14.4. The van der Waals surface area contributed by atoms with Gasteiger partial charge in [0.25, 0.3) is 0 Å². The second kappa shape index (κ2) is 4.79. The summed E-state index contributed by atoms with van der Waals surface area (Å²) in [6, 6.07) is 0. The van der Waals surface area contributed by atoms with Gasteiger partial charge >= 0.3 is 0 Å². The van der Waals surface area contributed by atoms with Crippen LogP contribution in [0.4, 0.5) is 0 Å². The van der Waals surface area contributed by atoms with Gasteiger partial charge in [0, 0.05) is 11.8 Å². The van der Waals surface area contributed by atoms with Gasteiger partial charge in [-0.3, -0.25) is 0 Å². The summed E-state index contributed by atoms with van der Waals surface area (Å²) >= 11 is 0. The zero-order chi connectivity index (χ0) is 11.3. The molecular weight excluding hydrogens is 182 g/mol. The first-order valence-electron chi connectivity index (χ1n) is 5.12. The summed E-state index contributed by atoms with van der Waals surface area (Å²) in [6.45, 7) is 6.35. The van der Waals surface area contributed by atoms with Gasteiger partial charge in [-0.05, 0) is 29.6 Å². The molecular formula is C14H17N. The van der Waals surface area contributed by atoms with E-state index in [1.54, 1.807) is 0 Å². The van der Waals surface area contributed by atoms with Gasteiger partial charge in [-0.2, -0.15) is 0 Å². The Kier molecular flexibility index (Phi) is 3.68. The Hall–Kier alpha value is -1.55. The standard InChI is InChI=1S/C14H17N/c1-14(2,3)13(11-15)10-9-12-7-5-4-6-8-12/h4-5,7,10-11,15H,9H2,1-3H3/b13-10+,15-11?. The van der Waals surface area contributed by atoms with Gasteiger partial charge in [0.05, 0.1) is 0 Å². The van der Waals surface area contributed by atoms with Crippen LogP contribution in [-0.4, -0.2) is 6.21 Å². The summed E-state index contributed by atoms with van der Waals surface area (Å²) < 4.78 is 0. The van der Waals surface area contributed by atoms with Gasteiger partial charge in [-0.1, -0.05) is 44.4 Å². The molecule has 1 N–H and O–H groups in total. The normalized spacial score (nSPS) is 15.4. The minimum Gasteiger partial charge on any atom is -0.308 e. The lowest BCUT2D eigenvalue weighted by Gasteiger charge is -2.19. The monoisotopic (exact) mass is 199 g/mol. The van der Waals surface area contributed by atoms with E-state index in [9.17, 15) is 0 Å². The average Bonchev–Trinajstić information content (AvgIpc) is 2.18. The largest absolute Gasteiger partial charge is 0.308 e. The van der Waals surface area contributed by atoms with E-state index >= 15 is 0 Å². The van der Waals surface area contributed by atoms with E-state index in [2.05, 4.69) is 38.3 Å². The Morgan fingerprint density at radius 2 is 2.20 bits per heavy atom. The Balaban J connectivity index is 2.80. The first kappa shape index (κ1) is 11.5. The Morgan fingerprint density at radius 1 is 1.47 bits per heavy atom. The van der Waals surface area contributed by atoms with E-state index in [1.165, 1.54) is 6.21 Å². The van der Waals surface area contributed by atoms with Crippen molar-refractivity contribution < 1.29 is 0 Å². The van der Waals surface area contributed by atoms with E-state index in [0.717, 1.165) is 17.6 Å². The molecule has 0 aromatic rings. The zero-order valence-corrected chi connectivity index (χ0v) is 9.59. The zero-order valence-electron chi connectivity index (χ0n) is 9.59. The molecule has 0 fully saturated rings. The molecule has 0 aromatic carbocycles. The van der Waals surface area contributed by atoms with Gasteiger partial charge in [-0.25, -0.2) is 0 Å². The minimum absolute atomic E-state index is 0.0419. The molecule has 0 saturated heterocycles. The number of nitrogens with one attached hydrogen (secondary N) is 1. The van der Waals surface area contributed by atoms with Gasteiger partial charge < -0.3 is 5.41 Å². The van der Waals surface area contributed by atoms with E-state index in [0.29, 0.717) is 0 Å². The van der Waals surface area contributed by atoms with Crippen molar-refractivity contribution in [3.8, 4) is 0 Å². The predicted octanol–water partition coefficient (Wildman–Crippen LogP) is 3.80. The highest BCUT2D eigenvalue weighted by Gasteiger charge is 2.14. The summed E-state index contributed by atoms with van der Waals surface area (Å²) in [4.78, 5) is 0. The highest BCUT2D eigenvalue weighted by Crippen LogP contribution is 2.24. The molecule has 1 nitrogen and oxygen atoms in total. The van der Waals surface area contributed by atoms with Crippen molar-refractivity contribution in [2.45, 2.75) is 27.2 Å². The molecule has 0 unspecified atom stereocenters. The fourth-order valence-corrected chi connectivity index (χ4v) is 1.31. The van der Waals surface area contributed by atoms with Crippen molar-refractivity contribution in [1.29, 1.82) is 5.41 Å². The maximum Gasteiger partial charge on any atom is 0.0212 e. The quantitative estimate of drug-likeness (QED) is 0.528. The molecule has 1 aliphatic rings. The maximum absolute atomic E-state index is 7.37. The Bertz CT molecular complexity index is 401. The van der Waals surface area contributed by atoms with E-state index in [4.69, 9.17) is 5.41 Å². The van der Waals surface area contributed by atoms with E-state index in [1.807, 2.05) is 18.2 Å². The van der Waals surface area contributed by atoms with Crippen molar-refractivity contribution in [3.05, 3.63) is 46.9 Å². The van der Waals surface area contributed by atoms with E-state index in [-0.39, 0.29) is 5.41 Å². The van der Waals surface area contributed by atoms with Crippen molar-refractivity contribution in [1.82, 2.24) is 0 Å². The molecule has 0 aliphatic heterocycles. The van der Waals surface area contributed by atoms with Gasteiger partial charge in [0.1, 0.15) is 0 Å². The van der Waals surface area contributed by atoms with Crippen LogP contribution < -0.4 is 0 Å². The predicted molar refractivity (Wildman–Crippen MR) is 65.2 cm³/mol. The topological polar surface area (TPSA) is 23.9 Å². The van der Waals surface area contributed by atoms with Crippen molar-refractivity contribution in [2.75, 3.05) is 0 Å². The maximum atomic E-state index is 7.37. The van der Waals surface area contributed by atoms with Gasteiger partial charge in [0.15, 0.2) is 0 Å². The third-order valence-electron chi connectivity index (χ3n) is 2.27. The molecule has 1 heteroatoms. The molecule has 0 heterocycles. The smallest absolute Gasteiger partial charge is 0.0212 e. The molecule has 0 saturated carbocycles. The lowest BCUT2D eigenvalue weighted by atomic mass is 9.86. The molecule has 15 heavy (non-hydrogen) atoms. The van der Waals surface area contributed by atoms with Crippen LogP contribution in [0.15, 0.2) is 46.9 Å². The van der Waals surface area contributed by atoms with Crippen LogP contribution in [0.25, 0.3) is 0 Å². The lowest BCUT2D eigenvalue weighted by molar-refractivity contribution is 0.524. The third-order valence-corrected chi connectivity index (χ3v) is 2.27. The Morgan fingerprint density at radius 3 is 2.67 bits per heavy atom. The highest BCUT2D eigenvalue weighted by molar-refractivity contribution is 5.77. The van der Waals surface area contributed by atoms with Crippen LogP contribution >= 0.6 is 0 Å². The van der Waals surface area contributed by atoms with Gasteiger partial charge in [-0.15, -0.1) is 0 Å². The summed E-state index contributed by atoms with van der Waals surface area (Å²) in [7, 11) is 0. The molecule has 78 valence electrons.